The number of imidazole rings is 1. The van der Waals surface area contributed by atoms with E-state index in [0.29, 0.717) is 0 Å². The van der Waals surface area contributed by atoms with E-state index >= 15 is 0 Å². The van der Waals surface area contributed by atoms with E-state index in [9.17, 15) is 0 Å². The molecule has 2 heterocycles. The summed E-state index contributed by atoms with van der Waals surface area (Å²) in [5.74, 6) is 0.793. The van der Waals surface area contributed by atoms with Crippen LogP contribution in [0.25, 0.3) is 5.65 Å². The molecule has 0 radical (unpaired) electrons. The number of fused-ring (bicyclic) bond motifs is 1. The standard InChI is InChI=1S/C17H18N4/c1-17(2,3)15-16(20-19-13-9-5-4-6-10-13)21-12-8-7-11-14(21)18-15/h4-12H,1-3H3. The van der Waals surface area contributed by atoms with Crippen molar-refractivity contribution in [2.45, 2.75) is 26.2 Å². The summed E-state index contributed by atoms with van der Waals surface area (Å²) >= 11 is 0. The van der Waals surface area contributed by atoms with E-state index in [4.69, 9.17) is 4.98 Å². The quantitative estimate of drug-likeness (QED) is 0.605. The topological polar surface area (TPSA) is 42.0 Å². The Labute approximate surface area is 124 Å². The van der Waals surface area contributed by atoms with Crippen LogP contribution in [0.3, 0.4) is 0 Å². The SMILES string of the molecule is CC(C)(C)c1nc2ccccn2c1N=Nc1ccccc1. The number of rotatable bonds is 2. The van der Waals surface area contributed by atoms with Crippen LogP contribution in [-0.4, -0.2) is 9.38 Å². The molecule has 3 aromatic rings. The van der Waals surface area contributed by atoms with Crippen LogP contribution >= 0.6 is 0 Å². The smallest absolute Gasteiger partial charge is 0.183 e. The number of hydrogen-bond acceptors (Lipinski definition) is 3. The molecule has 2 aromatic heterocycles. The summed E-state index contributed by atoms with van der Waals surface area (Å²) in [4.78, 5) is 4.71. The van der Waals surface area contributed by atoms with Crippen molar-refractivity contribution in [1.82, 2.24) is 9.38 Å². The Hall–Kier alpha value is -2.49. The highest BCUT2D eigenvalue weighted by Crippen LogP contribution is 2.32. The van der Waals surface area contributed by atoms with Crippen LogP contribution in [0, 0.1) is 0 Å². The summed E-state index contributed by atoms with van der Waals surface area (Å²) in [6.45, 7) is 6.41. The second-order valence-corrected chi connectivity index (χ2v) is 6.00. The van der Waals surface area contributed by atoms with Gasteiger partial charge in [-0.2, -0.15) is 0 Å². The first-order valence-electron chi connectivity index (χ1n) is 7.00. The van der Waals surface area contributed by atoms with Crippen LogP contribution in [0.1, 0.15) is 26.5 Å². The van der Waals surface area contributed by atoms with Gasteiger partial charge in [0.25, 0.3) is 0 Å². The Morgan fingerprint density at radius 3 is 2.33 bits per heavy atom. The highest BCUT2D eigenvalue weighted by atomic mass is 15.2. The molecule has 21 heavy (non-hydrogen) atoms. The summed E-state index contributed by atoms with van der Waals surface area (Å²) < 4.78 is 1.98. The average Bonchev–Trinajstić information content (AvgIpc) is 2.85. The fraction of sp³-hybridized carbons (Fsp3) is 0.235. The fourth-order valence-electron chi connectivity index (χ4n) is 2.18. The largest absolute Gasteiger partial charge is 0.283 e. The molecule has 0 atom stereocenters. The summed E-state index contributed by atoms with van der Waals surface area (Å²) in [5.41, 5.74) is 2.60. The summed E-state index contributed by atoms with van der Waals surface area (Å²) in [6.07, 6.45) is 1.97. The van der Waals surface area contributed by atoms with Gasteiger partial charge in [-0.25, -0.2) is 4.98 Å². The van der Waals surface area contributed by atoms with Gasteiger partial charge in [-0.15, -0.1) is 10.2 Å². The van der Waals surface area contributed by atoms with Crippen LogP contribution in [0.4, 0.5) is 11.5 Å². The monoisotopic (exact) mass is 278 g/mol. The molecule has 0 aliphatic rings. The van der Waals surface area contributed by atoms with Crippen LogP contribution in [0.2, 0.25) is 0 Å². The summed E-state index contributed by atoms with van der Waals surface area (Å²) in [5, 5.41) is 8.79. The lowest BCUT2D eigenvalue weighted by Gasteiger charge is -2.15. The molecule has 0 amide bonds. The van der Waals surface area contributed by atoms with Gasteiger partial charge < -0.3 is 0 Å². The molecular formula is C17H18N4. The van der Waals surface area contributed by atoms with Crippen LogP contribution in [0.5, 0.6) is 0 Å². The highest BCUT2D eigenvalue weighted by Gasteiger charge is 2.23. The van der Waals surface area contributed by atoms with Gasteiger partial charge in [0.15, 0.2) is 5.82 Å². The number of azo groups is 1. The molecule has 0 aliphatic heterocycles. The predicted molar refractivity (Wildman–Crippen MR) is 84.5 cm³/mol. The van der Waals surface area contributed by atoms with E-state index in [1.54, 1.807) is 0 Å². The minimum atomic E-state index is -0.0862. The predicted octanol–water partition coefficient (Wildman–Crippen LogP) is 5.05. The van der Waals surface area contributed by atoms with Crippen molar-refractivity contribution < 1.29 is 0 Å². The van der Waals surface area contributed by atoms with Gasteiger partial charge in [-0.3, -0.25) is 4.40 Å². The zero-order chi connectivity index (χ0) is 14.9. The Balaban J connectivity index is 2.14. The lowest BCUT2D eigenvalue weighted by atomic mass is 9.92. The molecule has 106 valence electrons. The van der Waals surface area contributed by atoms with E-state index in [1.165, 1.54) is 0 Å². The molecule has 0 N–H and O–H groups in total. The molecule has 4 heteroatoms. The van der Waals surface area contributed by atoms with Gasteiger partial charge in [0.1, 0.15) is 5.65 Å². The Morgan fingerprint density at radius 2 is 1.62 bits per heavy atom. The molecular weight excluding hydrogens is 260 g/mol. The number of benzene rings is 1. The first-order valence-corrected chi connectivity index (χ1v) is 7.00. The highest BCUT2D eigenvalue weighted by molar-refractivity contribution is 5.54. The van der Waals surface area contributed by atoms with Crippen LogP contribution in [0.15, 0.2) is 65.0 Å². The number of aromatic nitrogens is 2. The molecule has 0 unspecified atom stereocenters. The maximum atomic E-state index is 4.71. The van der Waals surface area contributed by atoms with Crippen molar-refractivity contribution in [3.8, 4) is 0 Å². The third-order valence-corrected chi connectivity index (χ3v) is 3.23. The van der Waals surface area contributed by atoms with Crippen LogP contribution < -0.4 is 0 Å². The Kier molecular flexibility index (Phi) is 3.29. The first-order chi connectivity index (χ1) is 10.1. The molecule has 0 spiro atoms. The lowest BCUT2D eigenvalue weighted by Crippen LogP contribution is -2.11. The second-order valence-electron chi connectivity index (χ2n) is 6.00. The van der Waals surface area contributed by atoms with Gasteiger partial charge in [0, 0.05) is 11.6 Å². The average molecular weight is 278 g/mol. The zero-order valence-corrected chi connectivity index (χ0v) is 12.5. The van der Waals surface area contributed by atoms with Gasteiger partial charge in [0.05, 0.1) is 11.4 Å². The van der Waals surface area contributed by atoms with Gasteiger partial charge in [-0.1, -0.05) is 45.0 Å². The number of nitrogens with zero attached hydrogens (tertiary/aromatic N) is 4. The van der Waals surface area contributed by atoms with E-state index in [2.05, 4.69) is 31.0 Å². The third kappa shape index (κ3) is 2.70. The minimum absolute atomic E-state index is 0.0862. The van der Waals surface area contributed by atoms with E-state index < -0.39 is 0 Å². The normalized spacial score (nSPS) is 12.3. The van der Waals surface area contributed by atoms with E-state index in [-0.39, 0.29) is 5.41 Å². The van der Waals surface area contributed by atoms with Crippen molar-refractivity contribution in [2.24, 2.45) is 10.2 Å². The Morgan fingerprint density at radius 1 is 0.905 bits per heavy atom. The van der Waals surface area contributed by atoms with Crippen molar-refractivity contribution in [3.63, 3.8) is 0 Å². The van der Waals surface area contributed by atoms with Crippen molar-refractivity contribution in [2.75, 3.05) is 0 Å². The lowest BCUT2D eigenvalue weighted by molar-refractivity contribution is 0.574. The molecule has 0 saturated carbocycles. The molecule has 0 fully saturated rings. The second kappa shape index (κ2) is 5.13. The summed E-state index contributed by atoms with van der Waals surface area (Å²) in [6, 6.07) is 15.7. The number of pyridine rings is 1. The maximum Gasteiger partial charge on any atom is 0.183 e. The van der Waals surface area contributed by atoms with Crippen molar-refractivity contribution in [3.05, 3.63) is 60.4 Å². The number of hydrogen-bond donors (Lipinski definition) is 0. The van der Waals surface area contributed by atoms with Crippen molar-refractivity contribution >= 4 is 17.2 Å². The molecule has 0 bridgehead atoms. The molecule has 3 rings (SSSR count). The molecule has 0 aliphatic carbocycles. The molecule has 1 aromatic carbocycles. The fourth-order valence-corrected chi connectivity index (χ4v) is 2.18. The summed E-state index contributed by atoms with van der Waals surface area (Å²) in [7, 11) is 0. The van der Waals surface area contributed by atoms with Crippen LogP contribution in [-0.2, 0) is 5.41 Å². The first kappa shape index (κ1) is 13.5. The maximum absolute atomic E-state index is 4.71. The van der Waals surface area contributed by atoms with Gasteiger partial charge in [-0.05, 0) is 24.3 Å². The zero-order valence-electron chi connectivity index (χ0n) is 12.5. The van der Waals surface area contributed by atoms with E-state index in [1.807, 2.05) is 59.1 Å². The van der Waals surface area contributed by atoms with E-state index in [0.717, 1.165) is 22.8 Å². The Bertz CT molecular complexity index is 779. The molecule has 0 saturated heterocycles. The molecule has 4 nitrogen and oxygen atoms in total. The van der Waals surface area contributed by atoms with Gasteiger partial charge in [0.2, 0.25) is 0 Å². The minimum Gasteiger partial charge on any atom is -0.283 e. The van der Waals surface area contributed by atoms with Gasteiger partial charge >= 0.3 is 0 Å². The van der Waals surface area contributed by atoms with Crippen molar-refractivity contribution in [1.29, 1.82) is 0 Å². The third-order valence-electron chi connectivity index (χ3n) is 3.23.